The molecule has 104 valence electrons. The number of rotatable bonds is 3. The predicted octanol–water partition coefficient (Wildman–Crippen LogP) is 3.67. The lowest BCUT2D eigenvalue weighted by Crippen LogP contribution is -2.30. The lowest BCUT2D eigenvalue weighted by Gasteiger charge is -2.32. The van der Waals surface area contributed by atoms with Gasteiger partial charge < -0.3 is 10.4 Å². The van der Waals surface area contributed by atoms with E-state index in [2.05, 4.69) is 24.1 Å². The number of pyridine rings is 1. The van der Waals surface area contributed by atoms with Gasteiger partial charge in [-0.25, -0.2) is 9.78 Å². The van der Waals surface area contributed by atoms with Crippen molar-refractivity contribution < 1.29 is 9.90 Å². The first-order valence-corrected chi connectivity index (χ1v) is 7.00. The number of anilines is 1. The van der Waals surface area contributed by atoms with Crippen LogP contribution in [0.25, 0.3) is 0 Å². The Morgan fingerprint density at radius 1 is 1.42 bits per heavy atom. The number of carboxylic acids is 1. The van der Waals surface area contributed by atoms with Crippen molar-refractivity contribution >= 4 is 23.4 Å². The van der Waals surface area contributed by atoms with E-state index < -0.39 is 5.97 Å². The molecule has 0 aromatic carbocycles. The zero-order chi connectivity index (χ0) is 14.0. The van der Waals surface area contributed by atoms with E-state index in [1.807, 2.05) is 0 Å². The summed E-state index contributed by atoms with van der Waals surface area (Å²) in [5.74, 6) is 0.998. The van der Waals surface area contributed by atoms with Crippen LogP contribution in [-0.4, -0.2) is 22.1 Å². The molecule has 1 aliphatic carbocycles. The van der Waals surface area contributed by atoms with Gasteiger partial charge >= 0.3 is 5.97 Å². The summed E-state index contributed by atoms with van der Waals surface area (Å²) in [6.45, 7) is 4.54. The van der Waals surface area contributed by atoms with Gasteiger partial charge in [0.15, 0.2) is 0 Å². The SMILES string of the molecule is CC1CCC(Nc2cc(C(=O)O)c(Cl)cn2)CC1C. The summed E-state index contributed by atoms with van der Waals surface area (Å²) in [4.78, 5) is 15.2. The second-order valence-corrected chi connectivity index (χ2v) is 5.87. The Morgan fingerprint density at radius 3 is 2.79 bits per heavy atom. The molecule has 1 saturated carbocycles. The van der Waals surface area contributed by atoms with Crippen LogP contribution >= 0.6 is 11.6 Å². The molecule has 0 bridgehead atoms. The van der Waals surface area contributed by atoms with E-state index in [1.165, 1.54) is 18.7 Å². The number of carboxylic acid groups (broad SMARTS) is 1. The molecule has 1 aliphatic rings. The predicted molar refractivity (Wildman–Crippen MR) is 75.8 cm³/mol. The van der Waals surface area contributed by atoms with E-state index >= 15 is 0 Å². The van der Waals surface area contributed by atoms with E-state index in [0.717, 1.165) is 18.8 Å². The standard InChI is InChI=1S/C14H19ClN2O2/c1-8-3-4-10(5-9(8)2)17-13-6-11(14(18)19)12(15)7-16-13/h6-10H,3-5H2,1-2H3,(H,16,17)(H,18,19). The molecule has 0 aliphatic heterocycles. The molecule has 3 atom stereocenters. The molecule has 0 amide bonds. The van der Waals surface area contributed by atoms with Crippen molar-refractivity contribution in [3.05, 3.63) is 22.8 Å². The number of carbonyl (C=O) groups is 1. The van der Waals surface area contributed by atoms with Gasteiger partial charge in [0.1, 0.15) is 5.82 Å². The Balaban J connectivity index is 2.07. The average Bonchev–Trinajstić information content (AvgIpc) is 2.36. The normalized spacial score (nSPS) is 27.0. The van der Waals surface area contributed by atoms with Crippen LogP contribution in [0.4, 0.5) is 5.82 Å². The zero-order valence-electron chi connectivity index (χ0n) is 11.2. The van der Waals surface area contributed by atoms with Gasteiger partial charge in [0.05, 0.1) is 10.6 Å². The monoisotopic (exact) mass is 282 g/mol. The number of hydrogen-bond donors (Lipinski definition) is 2. The molecule has 0 saturated heterocycles. The van der Waals surface area contributed by atoms with Crippen LogP contribution in [-0.2, 0) is 0 Å². The maximum atomic E-state index is 11.0. The summed E-state index contributed by atoms with van der Waals surface area (Å²) in [7, 11) is 0. The summed E-state index contributed by atoms with van der Waals surface area (Å²) < 4.78 is 0. The van der Waals surface area contributed by atoms with Crippen LogP contribution in [0.5, 0.6) is 0 Å². The first-order valence-electron chi connectivity index (χ1n) is 6.62. The van der Waals surface area contributed by atoms with Gasteiger partial charge in [-0.1, -0.05) is 25.4 Å². The Labute approximate surface area is 118 Å². The van der Waals surface area contributed by atoms with Crippen LogP contribution in [0.3, 0.4) is 0 Å². The molecular formula is C14H19ClN2O2. The minimum Gasteiger partial charge on any atom is -0.478 e. The fraction of sp³-hybridized carbons (Fsp3) is 0.571. The quantitative estimate of drug-likeness (QED) is 0.888. The fourth-order valence-electron chi connectivity index (χ4n) is 2.57. The summed E-state index contributed by atoms with van der Waals surface area (Å²) in [6, 6.07) is 1.87. The lowest BCUT2D eigenvalue weighted by molar-refractivity contribution is 0.0697. The number of aromatic nitrogens is 1. The smallest absolute Gasteiger partial charge is 0.337 e. The van der Waals surface area contributed by atoms with Crippen LogP contribution in [0.15, 0.2) is 12.3 Å². The van der Waals surface area contributed by atoms with E-state index in [1.54, 1.807) is 0 Å². The zero-order valence-corrected chi connectivity index (χ0v) is 11.9. The third-order valence-corrected chi connectivity index (χ3v) is 4.34. The van der Waals surface area contributed by atoms with Crippen LogP contribution < -0.4 is 5.32 Å². The maximum Gasteiger partial charge on any atom is 0.337 e. The van der Waals surface area contributed by atoms with Crippen molar-refractivity contribution in [1.82, 2.24) is 4.98 Å². The van der Waals surface area contributed by atoms with Crippen molar-refractivity contribution in [2.75, 3.05) is 5.32 Å². The highest BCUT2D eigenvalue weighted by molar-refractivity contribution is 6.33. The summed E-state index contributed by atoms with van der Waals surface area (Å²) in [5.41, 5.74) is 0.0939. The third kappa shape index (κ3) is 3.38. The number of aromatic carboxylic acids is 1. The highest BCUT2D eigenvalue weighted by atomic mass is 35.5. The molecule has 0 spiro atoms. The molecule has 1 fully saturated rings. The van der Waals surface area contributed by atoms with E-state index in [-0.39, 0.29) is 10.6 Å². The minimum absolute atomic E-state index is 0.0939. The van der Waals surface area contributed by atoms with Gasteiger partial charge in [-0.3, -0.25) is 0 Å². The Morgan fingerprint density at radius 2 is 2.16 bits per heavy atom. The molecule has 19 heavy (non-hydrogen) atoms. The molecule has 2 rings (SSSR count). The summed E-state index contributed by atoms with van der Waals surface area (Å²) in [5, 5.41) is 12.5. The van der Waals surface area contributed by atoms with Gasteiger partial charge in [0.25, 0.3) is 0 Å². The molecule has 0 radical (unpaired) electrons. The summed E-state index contributed by atoms with van der Waals surface area (Å²) in [6.07, 6.45) is 4.77. The molecule has 2 N–H and O–H groups in total. The van der Waals surface area contributed by atoms with Gasteiger partial charge in [-0.05, 0) is 37.2 Å². The maximum absolute atomic E-state index is 11.0. The van der Waals surface area contributed by atoms with Gasteiger partial charge in [0.2, 0.25) is 0 Å². The van der Waals surface area contributed by atoms with E-state index in [4.69, 9.17) is 16.7 Å². The van der Waals surface area contributed by atoms with Crippen LogP contribution in [0.1, 0.15) is 43.5 Å². The van der Waals surface area contributed by atoms with Crippen LogP contribution in [0.2, 0.25) is 5.02 Å². The Hall–Kier alpha value is -1.29. The summed E-state index contributed by atoms with van der Waals surface area (Å²) >= 11 is 5.81. The van der Waals surface area contributed by atoms with Crippen molar-refractivity contribution in [3.8, 4) is 0 Å². The second kappa shape index (κ2) is 5.78. The van der Waals surface area contributed by atoms with Gasteiger partial charge in [-0.2, -0.15) is 0 Å². The highest BCUT2D eigenvalue weighted by Gasteiger charge is 2.24. The van der Waals surface area contributed by atoms with E-state index in [9.17, 15) is 4.79 Å². The number of nitrogens with one attached hydrogen (secondary N) is 1. The fourth-order valence-corrected chi connectivity index (χ4v) is 2.75. The molecule has 3 unspecified atom stereocenters. The molecule has 1 aromatic rings. The Bertz CT molecular complexity index is 479. The number of hydrogen-bond acceptors (Lipinski definition) is 3. The van der Waals surface area contributed by atoms with Crippen molar-refractivity contribution in [2.45, 2.75) is 39.2 Å². The third-order valence-electron chi connectivity index (χ3n) is 4.04. The molecule has 1 heterocycles. The molecular weight excluding hydrogens is 264 g/mol. The van der Waals surface area contributed by atoms with Crippen molar-refractivity contribution in [3.63, 3.8) is 0 Å². The second-order valence-electron chi connectivity index (χ2n) is 5.46. The topological polar surface area (TPSA) is 62.2 Å². The first kappa shape index (κ1) is 14.1. The largest absolute Gasteiger partial charge is 0.478 e. The molecule has 4 nitrogen and oxygen atoms in total. The van der Waals surface area contributed by atoms with Gasteiger partial charge in [0, 0.05) is 12.2 Å². The van der Waals surface area contributed by atoms with E-state index in [0.29, 0.717) is 17.8 Å². The minimum atomic E-state index is -1.03. The number of nitrogens with zero attached hydrogens (tertiary/aromatic N) is 1. The van der Waals surface area contributed by atoms with Crippen molar-refractivity contribution in [2.24, 2.45) is 11.8 Å². The molecule has 1 aromatic heterocycles. The Kier molecular flexibility index (Phi) is 4.30. The van der Waals surface area contributed by atoms with Gasteiger partial charge in [-0.15, -0.1) is 0 Å². The molecule has 5 heteroatoms. The van der Waals surface area contributed by atoms with Crippen LogP contribution in [0, 0.1) is 11.8 Å². The lowest BCUT2D eigenvalue weighted by atomic mass is 9.79. The average molecular weight is 283 g/mol. The van der Waals surface area contributed by atoms with Crippen molar-refractivity contribution in [1.29, 1.82) is 0 Å². The number of halogens is 1. The first-order chi connectivity index (χ1) is 8.97. The highest BCUT2D eigenvalue weighted by Crippen LogP contribution is 2.31.